The van der Waals surface area contributed by atoms with E-state index in [2.05, 4.69) is 32.7 Å². The molecule has 0 rings (SSSR count). The summed E-state index contributed by atoms with van der Waals surface area (Å²) in [6.07, 6.45) is 2.45. The first kappa shape index (κ1) is 11.9. The molecule has 0 bridgehead atoms. The monoisotopic (exact) mass is 172 g/mol. The topological polar surface area (TPSA) is 29.3 Å². The first-order valence-electron chi connectivity index (χ1n) is 5.02. The second kappa shape index (κ2) is 6.44. The predicted molar refractivity (Wildman–Crippen MR) is 55.2 cm³/mol. The lowest BCUT2D eigenvalue weighted by Gasteiger charge is -2.28. The zero-order chi connectivity index (χ0) is 9.56. The van der Waals surface area contributed by atoms with Crippen molar-refractivity contribution in [3.05, 3.63) is 0 Å². The summed E-state index contributed by atoms with van der Waals surface area (Å²) >= 11 is 0. The molecule has 0 amide bonds. The van der Waals surface area contributed by atoms with Gasteiger partial charge in [-0.05, 0) is 19.4 Å². The maximum atomic E-state index is 5.69. The normalized spacial score (nSPS) is 14.2. The molecule has 0 aromatic heterocycles. The molecule has 0 aromatic rings. The summed E-state index contributed by atoms with van der Waals surface area (Å²) in [6, 6.07) is 0.581. The van der Waals surface area contributed by atoms with Gasteiger partial charge < -0.3 is 10.6 Å². The number of nitrogens with two attached hydrogens (primary N) is 1. The molecule has 2 nitrogen and oxygen atoms in total. The van der Waals surface area contributed by atoms with Crippen molar-refractivity contribution in [1.29, 1.82) is 0 Å². The highest BCUT2D eigenvalue weighted by Gasteiger charge is 2.12. The van der Waals surface area contributed by atoms with Crippen LogP contribution in [0.5, 0.6) is 0 Å². The molecule has 0 aliphatic rings. The Morgan fingerprint density at radius 1 is 1.33 bits per heavy atom. The van der Waals surface area contributed by atoms with Crippen LogP contribution in [0.2, 0.25) is 0 Å². The van der Waals surface area contributed by atoms with E-state index in [1.54, 1.807) is 0 Å². The van der Waals surface area contributed by atoms with Crippen molar-refractivity contribution in [2.45, 2.75) is 39.7 Å². The first-order valence-corrected chi connectivity index (χ1v) is 5.02. The van der Waals surface area contributed by atoms with Crippen LogP contribution in [0.1, 0.15) is 33.6 Å². The molecule has 0 heterocycles. The van der Waals surface area contributed by atoms with Gasteiger partial charge in [0.25, 0.3) is 0 Å². The van der Waals surface area contributed by atoms with Crippen LogP contribution in [0.15, 0.2) is 0 Å². The van der Waals surface area contributed by atoms with Gasteiger partial charge >= 0.3 is 0 Å². The third-order valence-electron chi connectivity index (χ3n) is 2.17. The van der Waals surface area contributed by atoms with Gasteiger partial charge in [-0.1, -0.05) is 27.2 Å². The maximum absolute atomic E-state index is 5.69. The third-order valence-corrected chi connectivity index (χ3v) is 2.17. The van der Waals surface area contributed by atoms with Crippen LogP contribution < -0.4 is 5.73 Å². The summed E-state index contributed by atoms with van der Waals surface area (Å²) in [6.45, 7) is 8.65. The van der Waals surface area contributed by atoms with Gasteiger partial charge in [-0.2, -0.15) is 0 Å². The molecule has 0 radical (unpaired) electrons. The number of hydrogen-bond acceptors (Lipinski definition) is 2. The second-order valence-electron chi connectivity index (χ2n) is 4.01. The molecule has 1 unspecified atom stereocenters. The quantitative estimate of drug-likeness (QED) is 0.661. The fourth-order valence-electron chi connectivity index (χ4n) is 1.58. The van der Waals surface area contributed by atoms with E-state index in [1.165, 1.54) is 12.8 Å². The van der Waals surface area contributed by atoms with Crippen LogP contribution in [0.3, 0.4) is 0 Å². The van der Waals surface area contributed by atoms with E-state index in [-0.39, 0.29) is 0 Å². The Kier molecular flexibility index (Phi) is 6.39. The molecule has 2 N–H and O–H groups in total. The van der Waals surface area contributed by atoms with Crippen LogP contribution in [0.25, 0.3) is 0 Å². The summed E-state index contributed by atoms with van der Waals surface area (Å²) in [5.41, 5.74) is 5.69. The van der Waals surface area contributed by atoms with Crippen molar-refractivity contribution in [3.63, 3.8) is 0 Å². The van der Waals surface area contributed by atoms with Crippen molar-refractivity contribution >= 4 is 0 Å². The van der Waals surface area contributed by atoms with E-state index in [0.717, 1.165) is 19.0 Å². The molecule has 0 aromatic carbocycles. The number of nitrogens with zero attached hydrogens (tertiary/aromatic N) is 1. The van der Waals surface area contributed by atoms with Crippen LogP contribution in [0, 0.1) is 5.92 Å². The van der Waals surface area contributed by atoms with Crippen LogP contribution in [0.4, 0.5) is 0 Å². The lowest BCUT2D eigenvalue weighted by Crippen LogP contribution is -2.39. The van der Waals surface area contributed by atoms with E-state index in [4.69, 9.17) is 5.73 Å². The van der Waals surface area contributed by atoms with Gasteiger partial charge in [0.2, 0.25) is 0 Å². The zero-order valence-electron chi connectivity index (χ0n) is 9.01. The minimum absolute atomic E-state index is 0.581. The fourth-order valence-corrected chi connectivity index (χ4v) is 1.58. The van der Waals surface area contributed by atoms with Crippen molar-refractivity contribution in [1.82, 2.24) is 4.90 Å². The average molecular weight is 172 g/mol. The Balaban J connectivity index is 3.76. The Bertz CT molecular complexity index is 102. The SMILES string of the molecule is CCCC(CN)N(C)CC(C)C. The largest absolute Gasteiger partial charge is 0.329 e. The summed E-state index contributed by atoms with van der Waals surface area (Å²) in [5.74, 6) is 0.737. The number of hydrogen-bond donors (Lipinski definition) is 1. The highest BCUT2D eigenvalue weighted by atomic mass is 15.1. The van der Waals surface area contributed by atoms with Crippen molar-refractivity contribution in [3.8, 4) is 0 Å². The molecule has 0 fully saturated rings. The Morgan fingerprint density at radius 3 is 2.25 bits per heavy atom. The Labute approximate surface area is 77.1 Å². The predicted octanol–water partition coefficient (Wildman–Crippen LogP) is 1.70. The van der Waals surface area contributed by atoms with E-state index in [0.29, 0.717) is 6.04 Å². The van der Waals surface area contributed by atoms with Crippen molar-refractivity contribution < 1.29 is 0 Å². The van der Waals surface area contributed by atoms with E-state index in [9.17, 15) is 0 Å². The lowest BCUT2D eigenvalue weighted by molar-refractivity contribution is 0.210. The van der Waals surface area contributed by atoms with E-state index >= 15 is 0 Å². The minimum atomic E-state index is 0.581. The highest BCUT2D eigenvalue weighted by Crippen LogP contribution is 2.06. The van der Waals surface area contributed by atoms with Gasteiger partial charge in [0.1, 0.15) is 0 Å². The standard InChI is InChI=1S/C10H24N2/c1-5-6-10(7-11)12(4)8-9(2)3/h9-10H,5-8,11H2,1-4H3. The summed E-state index contributed by atoms with van der Waals surface area (Å²) < 4.78 is 0. The zero-order valence-corrected chi connectivity index (χ0v) is 9.01. The Hall–Kier alpha value is -0.0800. The second-order valence-corrected chi connectivity index (χ2v) is 4.01. The van der Waals surface area contributed by atoms with Gasteiger partial charge in [0.05, 0.1) is 0 Å². The van der Waals surface area contributed by atoms with Crippen molar-refractivity contribution in [2.24, 2.45) is 11.7 Å². The highest BCUT2D eigenvalue weighted by molar-refractivity contribution is 4.69. The molecule has 0 saturated carbocycles. The van der Waals surface area contributed by atoms with Crippen molar-refractivity contribution in [2.75, 3.05) is 20.1 Å². The van der Waals surface area contributed by atoms with Crippen LogP contribution >= 0.6 is 0 Å². The minimum Gasteiger partial charge on any atom is -0.329 e. The maximum Gasteiger partial charge on any atom is 0.0215 e. The van der Waals surface area contributed by atoms with Gasteiger partial charge in [-0.3, -0.25) is 0 Å². The number of likely N-dealkylation sites (N-methyl/N-ethyl adjacent to an activating group) is 1. The number of rotatable bonds is 6. The third kappa shape index (κ3) is 4.73. The van der Waals surface area contributed by atoms with E-state index < -0.39 is 0 Å². The Morgan fingerprint density at radius 2 is 1.92 bits per heavy atom. The smallest absolute Gasteiger partial charge is 0.0215 e. The molecular weight excluding hydrogens is 148 g/mol. The molecule has 12 heavy (non-hydrogen) atoms. The molecule has 74 valence electrons. The first-order chi connectivity index (χ1) is 5.61. The van der Waals surface area contributed by atoms with Crippen LogP contribution in [-0.4, -0.2) is 31.1 Å². The van der Waals surface area contributed by atoms with Gasteiger partial charge in [-0.15, -0.1) is 0 Å². The van der Waals surface area contributed by atoms with Gasteiger partial charge in [0, 0.05) is 19.1 Å². The molecular formula is C10H24N2. The van der Waals surface area contributed by atoms with Gasteiger partial charge in [-0.25, -0.2) is 0 Å². The fraction of sp³-hybridized carbons (Fsp3) is 1.00. The molecule has 2 heteroatoms. The molecule has 1 atom stereocenters. The van der Waals surface area contributed by atoms with E-state index in [1.807, 2.05) is 0 Å². The molecule has 0 saturated heterocycles. The lowest BCUT2D eigenvalue weighted by atomic mass is 10.1. The summed E-state index contributed by atoms with van der Waals surface area (Å²) in [4.78, 5) is 2.38. The van der Waals surface area contributed by atoms with Crippen LogP contribution in [-0.2, 0) is 0 Å². The van der Waals surface area contributed by atoms with Gasteiger partial charge in [0.15, 0.2) is 0 Å². The summed E-state index contributed by atoms with van der Waals surface area (Å²) in [5, 5.41) is 0. The summed E-state index contributed by atoms with van der Waals surface area (Å²) in [7, 11) is 2.17. The average Bonchev–Trinajstić information content (AvgIpc) is 1.98. The molecule has 0 spiro atoms. The molecule has 0 aliphatic carbocycles. The molecule has 0 aliphatic heterocycles.